The molecule has 0 heterocycles. The Balaban J connectivity index is 2.13. The first kappa shape index (κ1) is 18.2. The summed E-state index contributed by atoms with van der Waals surface area (Å²) in [6, 6.07) is 12.5. The molecule has 1 unspecified atom stereocenters. The van der Waals surface area contributed by atoms with Crippen LogP contribution in [0.2, 0.25) is 0 Å². The van der Waals surface area contributed by atoms with E-state index in [1.165, 1.54) is 0 Å². The molecule has 0 N–H and O–H groups in total. The summed E-state index contributed by atoms with van der Waals surface area (Å²) in [6.45, 7) is 2.79. The molecule has 0 spiro atoms. The fourth-order valence-corrected chi connectivity index (χ4v) is 2.42. The number of ether oxygens (including phenoxy) is 1. The van der Waals surface area contributed by atoms with Crippen molar-refractivity contribution >= 4 is 10.8 Å². The average Bonchev–Trinajstić information content (AvgIpc) is 2.56. The van der Waals surface area contributed by atoms with Gasteiger partial charge in [-0.1, -0.05) is 36.4 Å². The monoisotopic (exact) mass is 349 g/mol. The first-order valence-corrected chi connectivity index (χ1v) is 7.71. The van der Waals surface area contributed by atoms with Crippen LogP contribution < -0.4 is 4.74 Å². The minimum atomic E-state index is -1.10. The van der Waals surface area contributed by atoms with Crippen molar-refractivity contribution in [1.29, 1.82) is 0 Å². The highest BCUT2D eigenvalue weighted by molar-refractivity contribution is 5.88. The van der Waals surface area contributed by atoms with Crippen molar-refractivity contribution in [3.8, 4) is 5.75 Å². The number of nitrogens with zero attached hydrogens (tertiary/aromatic N) is 3. The van der Waals surface area contributed by atoms with Crippen LogP contribution in [0.5, 0.6) is 5.75 Å². The fraction of sp³-hybridized carbons (Fsp3) is 0.375. The van der Waals surface area contributed by atoms with E-state index in [1.807, 2.05) is 30.3 Å². The van der Waals surface area contributed by atoms with Crippen molar-refractivity contribution < 1.29 is 19.7 Å². The molecule has 0 amide bonds. The Morgan fingerprint density at radius 2 is 1.76 bits per heavy atom. The Morgan fingerprint density at radius 1 is 1.08 bits per heavy atom. The van der Waals surface area contributed by atoms with Crippen molar-refractivity contribution in [2.75, 3.05) is 13.2 Å². The smallest absolute Gasteiger partial charge is 0.294 e. The molecular weight excluding hydrogens is 330 g/mol. The molecule has 0 aliphatic heterocycles. The third-order valence-electron chi connectivity index (χ3n) is 3.61. The SMILES string of the molecule is CC(C)N(CC(COc1cccc2ccccc12)O[N+](=O)[O-])[N+](=O)[O-]. The lowest BCUT2D eigenvalue weighted by Gasteiger charge is -2.23. The van der Waals surface area contributed by atoms with E-state index in [1.54, 1.807) is 26.0 Å². The summed E-state index contributed by atoms with van der Waals surface area (Å²) in [6.07, 6.45) is -1.10. The van der Waals surface area contributed by atoms with Crippen LogP contribution in [0.15, 0.2) is 42.5 Å². The lowest BCUT2D eigenvalue weighted by Crippen LogP contribution is -2.44. The van der Waals surface area contributed by atoms with Gasteiger partial charge in [-0.25, -0.2) is 10.1 Å². The number of hydrazine groups is 1. The van der Waals surface area contributed by atoms with E-state index in [-0.39, 0.29) is 13.2 Å². The van der Waals surface area contributed by atoms with Crippen LogP contribution in [-0.4, -0.2) is 40.4 Å². The van der Waals surface area contributed by atoms with E-state index < -0.39 is 22.3 Å². The van der Waals surface area contributed by atoms with Crippen molar-refractivity contribution in [2.45, 2.75) is 26.0 Å². The maximum absolute atomic E-state index is 11.1. The van der Waals surface area contributed by atoms with Crippen LogP contribution in [0.3, 0.4) is 0 Å². The van der Waals surface area contributed by atoms with Crippen molar-refractivity contribution in [1.82, 2.24) is 5.01 Å². The maximum Gasteiger partial charge on any atom is 0.294 e. The second kappa shape index (κ2) is 8.13. The fourth-order valence-electron chi connectivity index (χ4n) is 2.42. The van der Waals surface area contributed by atoms with Crippen molar-refractivity contribution in [3.05, 3.63) is 62.7 Å². The summed E-state index contributed by atoms with van der Waals surface area (Å²) in [5.74, 6) is 0.534. The molecule has 0 aromatic heterocycles. The molecular formula is C16H19N3O6. The summed E-state index contributed by atoms with van der Waals surface area (Å²) in [5.41, 5.74) is 0. The Hall–Kier alpha value is -3.10. The van der Waals surface area contributed by atoms with Gasteiger partial charge in [-0.2, -0.15) is 0 Å². The van der Waals surface area contributed by atoms with E-state index in [2.05, 4.69) is 4.84 Å². The lowest BCUT2D eigenvalue weighted by molar-refractivity contribution is -0.772. The Bertz CT molecular complexity index is 746. The molecule has 9 heteroatoms. The summed E-state index contributed by atoms with van der Waals surface area (Å²) in [5, 5.41) is 22.9. The van der Waals surface area contributed by atoms with Crippen LogP contribution in [0.1, 0.15) is 13.8 Å². The molecule has 2 aromatic carbocycles. The van der Waals surface area contributed by atoms with Crippen LogP contribution >= 0.6 is 0 Å². The second-order valence-corrected chi connectivity index (χ2v) is 5.69. The third-order valence-corrected chi connectivity index (χ3v) is 3.61. The molecule has 0 aliphatic rings. The topological polar surface area (TPSA) is 108 Å². The van der Waals surface area contributed by atoms with Crippen LogP contribution in [0.25, 0.3) is 10.8 Å². The van der Waals surface area contributed by atoms with Gasteiger partial charge in [-0.3, -0.25) is 0 Å². The van der Waals surface area contributed by atoms with Gasteiger partial charge < -0.3 is 9.57 Å². The highest BCUT2D eigenvalue weighted by atomic mass is 17.0. The molecule has 0 fully saturated rings. The zero-order chi connectivity index (χ0) is 18.4. The van der Waals surface area contributed by atoms with Crippen molar-refractivity contribution in [2.24, 2.45) is 0 Å². The molecule has 2 rings (SSSR count). The quantitative estimate of drug-likeness (QED) is 0.506. The Kier molecular flexibility index (Phi) is 5.93. The molecule has 1 atom stereocenters. The summed E-state index contributed by atoms with van der Waals surface area (Å²) >= 11 is 0. The van der Waals surface area contributed by atoms with Crippen LogP contribution in [0.4, 0.5) is 0 Å². The molecule has 9 nitrogen and oxygen atoms in total. The number of rotatable bonds is 9. The number of hydrogen-bond acceptors (Lipinski definition) is 6. The van der Waals surface area contributed by atoms with Crippen molar-refractivity contribution in [3.63, 3.8) is 0 Å². The highest BCUT2D eigenvalue weighted by Gasteiger charge is 2.27. The first-order valence-electron chi connectivity index (χ1n) is 7.71. The molecule has 0 aliphatic carbocycles. The second-order valence-electron chi connectivity index (χ2n) is 5.69. The van der Waals surface area contributed by atoms with Gasteiger partial charge in [0.25, 0.3) is 5.09 Å². The zero-order valence-electron chi connectivity index (χ0n) is 13.9. The average molecular weight is 349 g/mol. The highest BCUT2D eigenvalue weighted by Crippen LogP contribution is 2.25. The maximum atomic E-state index is 11.1. The molecule has 134 valence electrons. The minimum Gasteiger partial charge on any atom is -0.491 e. The van der Waals surface area contributed by atoms with Crippen LogP contribution in [0, 0.1) is 20.2 Å². The van der Waals surface area contributed by atoms with E-state index in [0.29, 0.717) is 5.75 Å². The van der Waals surface area contributed by atoms with E-state index in [0.717, 1.165) is 15.8 Å². The predicted molar refractivity (Wildman–Crippen MR) is 90.1 cm³/mol. The van der Waals surface area contributed by atoms with Gasteiger partial charge in [-0.15, -0.1) is 15.1 Å². The lowest BCUT2D eigenvalue weighted by atomic mass is 10.1. The van der Waals surface area contributed by atoms with E-state index in [9.17, 15) is 20.2 Å². The molecule has 0 radical (unpaired) electrons. The van der Waals surface area contributed by atoms with Crippen LogP contribution in [-0.2, 0) is 4.84 Å². The summed E-state index contributed by atoms with van der Waals surface area (Å²) < 4.78 is 5.66. The molecule has 2 aromatic rings. The van der Waals surface area contributed by atoms with Gasteiger partial charge in [-0.05, 0) is 25.3 Å². The minimum absolute atomic E-state index is 0.188. The van der Waals surface area contributed by atoms with Gasteiger partial charge in [0.15, 0.2) is 11.1 Å². The van der Waals surface area contributed by atoms with E-state index >= 15 is 0 Å². The molecule has 25 heavy (non-hydrogen) atoms. The number of benzene rings is 2. The van der Waals surface area contributed by atoms with E-state index in [4.69, 9.17) is 4.74 Å². The predicted octanol–water partition coefficient (Wildman–Crippen LogP) is 2.70. The summed E-state index contributed by atoms with van der Waals surface area (Å²) in [7, 11) is 0. The Labute approximate surface area is 144 Å². The first-order chi connectivity index (χ1) is 11.9. The largest absolute Gasteiger partial charge is 0.491 e. The zero-order valence-corrected chi connectivity index (χ0v) is 13.9. The normalized spacial score (nSPS) is 12.0. The molecule has 0 saturated heterocycles. The van der Waals surface area contributed by atoms with Gasteiger partial charge in [0.2, 0.25) is 0 Å². The number of fused-ring (bicyclic) bond motifs is 1. The van der Waals surface area contributed by atoms with Gasteiger partial charge >= 0.3 is 0 Å². The van der Waals surface area contributed by atoms with Gasteiger partial charge in [0.05, 0.1) is 6.04 Å². The Morgan fingerprint density at radius 3 is 2.40 bits per heavy atom. The number of hydrogen-bond donors (Lipinski definition) is 0. The standard InChI is InChI=1S/C16H19N3O6/c1-12(2)17(18(20)21)10-14(25-19(22)23)11-24-16-9-5-7-13-6-3-4-8-15(13)16/h3-9,12,14H,10-11H2,1-2H3. The molecule has 0 saturated carbocycles. The molecule has 0 bridgehead atoms. The van der Waals surface area contributed by atoms with Gasteiger partial charge in [0.1, 0.15) is 18.9 Å². The third kappa shape index (κ3) is 4.93. The number of nitro groups is 1. The summed E-state index contributed by atoms with van der Waals surface area (Å²) in [4.78, 5) is 26.3. The van der Waals surface area contributed by atoms with Gasteiger partial charge in [0, 0.05) is 5.39 Å².